The normalized spacial score (nSPS) is 10.5. The Hall–Kier alpha value is -3.03. The number of tetrazole rings is 1. The number of nitrogens with one attached hydrogen (secondary N) is 2. The lowest BCUT2D eigenvalue weighted by Gasteiger charge is -2.01. The smallest absolute Gasteiger partial charge is 0.344 e. The maximum absolute atomic E-state index is 11.8. The van der Waals surface area contributed by atoms with Gasteiger partial charge < -0.3 is 4.42 Å². The van der Waals surface area contributed by atoms with Crippen molar-refractivity contribution in [3.63, 3.8) is 0 Å². The molecule has 2 aromatic heterocycles. The molecular formula is C11H7N5O3. The Bertz CT molecular complexity index is 793. The van der Waals surface area contributed by atoms with E-state index in [1.807, 2.05) is 0 Å². The van der Waals surface area contributed by atoms with E-state index in [9.17, 15) is 9.59 Å². The monoisotopic (exact) mass is 257 g/mol. The van der Waals surface area contributed by atoms with E-state index < -0.39 is 11.5 Å². The lowest BCUT2D eigenvalue weighted by molar-refractivity contribution is 0.0992. The predicted octanol–water partition coefficient (Wildman–Crippen LogP) is 0.558. The molecule has 3 aromatic rings. The van der Waals surface area contributed by atoms with Crippen molar-refractivity contribution in [2.75, 3.05) is 5.32 Å². The number of H-pyrrole nitrogens is 1. The first-order chi connectivity index (χ1) is 9.24. The zero-order valence-electron chi connectivity index (χ0n) is 9.45. The highest BCUT2D eigenvalue weighted by atomic mass is 16.4. The van der Waals surface area contributed by atoms with Crippen LogP contribution in [0.2, 0.25) is 0 Å². The van der Waals surface area contributed by atoms with Gasteiger partial charge >= 0.3 is 5.63 Å². The first-order valence-electron chi connectivity index (χ1n) is 5.32. The van der Waals surface area contributed by atoms with E-state index >= 15 is 0 Å². The molecule has 0 unspecified atom stereocenters. The summed E-state index contributed by atoms with van der Waals surface area (Å²) >= 11 is 0. The Morgan fingerprint density at radius 1 is 1.32 bits per heavy atom. The molecule has 2 heterocycles. The van der Waals surface area contributed by atoms with E-state index in [4.69, 9.17) is 4.42 Å². The lowest BCUT2D eigenvalue weighted by atomic mass is 10.1. The van der Waals surface area contributed by atoms with Crippen molar-refractivity contribution in [2.24, 2.45) is 0 Å². The lowest BCUT2D eigenvalue weighted by Crippen LogP contribution is -2.15. The molecular weight excluding hydrogens is 250 g/mol. The van der Waals surface area contributed by atoms with Gasteiger partial charge in [0.2, 0.25) is 0 Å². The maximum Gasteiger partial charge on any atom is 0.344 e. The summed E-state index contributed by atoms with van der Waals surface area (Å²) in [6, 6.07) is 8.31. The molecule has 8 heteroatoms. The topological polar surface area (TPSA) is 114 Å². The summed E-state index contributed by atoms with van der Waals surface area (Å²) in [6.45, 7) is 0. The molecule has 0 aliphatic heterocycles. The van der Waals surface area contributed by atoms with Gasteiger partial charge in [-0.2, -0.15) is 5.21 Å². The largest absolute Gasteiger partial charge is 0.417 e. The first-order valence-corrected chi connectivity index (χ1v) is 5.32. The summed E-state index contributed by atoms with van der Waals surface area (Å²) in [6.07, 6.45) is 0. The Balaban J connectivity index is 2.01. The van der Waals surface area contributed by atoms with Crippen LogP contribution in [0.4, 0.5) is 5.95 Å². The average molecular weight is 257 g/mol. The minimum absolute atomic E-state index is 0.000748. The molecule has 19 heavy (non-hydrogen) atoms. The summed E-state index contributed by atoms with van der Waals surface area (Å²) in [5, 5.41) is 16.0. The van der Waals surface area contributed by atoms with Crippen LogP contribution >= 0.6 is 0 Å². The molecule has 0 saturated carbocycles. The molecule has 1 amide bonds. The molecule has 0 saturated heterocycles. The van der Waals surface area contributed by atoms with Gasteiger partial charge in [-0.15, -0.1) is 5.10 Å². The average Bonchev–Trinajstić information content (AvgIpc) is 2.91. The van der Waals surface area contributed by atoms with Crippen LogP contribution in [0.3, 0.4) is 0 Å². The van der Waals surface area contributed by atoms with E-state index in [1.54, 1.807) is 24.3 Å². The Morgan fingerprint density at radius 3 is 2.95 bits per heavy atom. The van der Waals surface area contributed by atoms with Crippen LogP contribution in [0.5, 0.6) is 0 Å². The van der Waals surface area contributed by atoms with Crippen LogP contribution in [0, 0.1) is 0 Å². The minimum Gasteiger partial charge on any atom is -0.417 e. The standard InChI is InChI=1S/C11H7N5O3/c17-9(12-11-13-15-16-14-11)8-5-6-3-1-2-4-7(6)10(18)19-8/h1-5H,(H2,12,13,14,15,16,17). The van der Waals surface area contributed by atoms with E-state index in [0.717, 1.165) is 0 Å². The summed E-state index contributed by atoms with van der Waals surface area (Å²) in [7, 11) is 0. The molecule has 0 aliphatic rings. The number of rotatable bonds is 2. The molecule has 0 radical (unpaired) electrons. The highest BCUT2D eigenvalue weighted by Crippen LogP contribution is 2.12. The van der Waals surface area contributed by atoms with Gasteiger partial charge in [-0.1, -0.05) is 23.3 Å². The van der Waals surface area contributed by atoms with E-state index in [0.29, 0.717) is 10.8 Å². The second kappa shape index (κ2) is 4.33. The molecule has 8 nitrogen and oxygen atoms in total. The fourth-order valence-corrected chi connectivity index (χ4v) is 1.62. The number of carbonyl (C=O) groups excluding carboxylic acids is 1. The van der Waals surface area contributed by atoms with Crippen molar-refractivity contribution < 1.29 is 9.21 Å². The fraction of sp³-hybridized carbons (Fsp3) is 0. The van der Waals surface area contributed by atoms with Crippen LogP contribution in [-0.4, -0.2) is 26.5 Å². The van der Waals surface area contributed by atoms with Crippen molar-refractivity contribution in [1.29, 1.82) is 0 Å². The first kappa shape index (κ1) is 11.1. The number of aromatic nitrogens is 4. The number of aromatic amines is 1. The van der Waals surface area contributed by atoms with Crippen molar-refractivity contribution >= 4 is 22.6 Å². The second-order valence-electron chi connectivity index (χ2n) is 3.67. The highest BCUT2D eigenvalue weighted by Gasteiger charge is 2.13. The van der Waals surface area contributed by atoms with E-state index in [1.165, 1.54) is 6.07 Å². The SMILES string of the molecule is O=C(Nc1nn[nH]n1)c1cc2ccccc2c(=O)o1. The molecule has 0 fully saturated rings. The molecule has 0 aliphatic carbocycles. The zero-order valence-corrected chi connectivity index (χ0v) is 9.45. The van der Waals surface area contributed by atoms with E-state index in [-0.39, 0.29) is 11.7 Å². The van der Waals surface area contributed by atoms with Gasteiger partial charge in [0.15, 0.2) is 5.76 Å². The summed E-state index contributed by atoms with van der Waals surface area (Å²) < 4.78 is 4.95. The van der Waals surface area contributed by atoms with Gasteiger partial charge in [0.25, 0.3) is 11.9 Å². The van der Waals surface area contributed by atoms with E-state index in [2.05, 4.69) is 25.9 Å². The second-order valence-corrected chi connectivity index (χ2v) is 3.67. The highest BCUT2D eigenvalue weighted by molar-refractivity contribution is 6.02. The van der Waals surface area contributed by atoms with Crippen LogP contribution in [0.15, 0.2) is 39.5 Å². The summed E-state index contributed by atoms with van der Waals surface area (Å²) in [5.41, 5.74) is -0.573. The van der Waals surface area contributed by atoms with Gasteiger partial charge in [-0.25, -0.2) is 4.79 Å². The molecule has 94 valence electrons. The molecule has 0 spiro atoms. The molecule has 3 rings (SSSR count). The molecule has 1 aromatic carbocycles. The van der Waals surface area contributed by atoms with Crippen molar-refractivity contribution in [3.8, 4) is 0 Å². The van der Waals surface area contributed by atoms with Crippen molar-refractivity contribution in [2.45, 2.75) is 0 Å². The molecule has 2 N–H and O–H groups in total. The fourth-order valence-electron chi connectivity index (χ4n) is 1.62. The van der Waals surface area contributed by atoms with Crippen LogP contribution in [0.25, 0.3) is 10.8 Å². The van der Waals surface area contributed by atoms with Gasteiger partial charge in [0.1, 0.15) is 0 Å². The minimum atomic E-state index is -0.621. The number of fused-ring (bicyclic) bond motifs is 1. The van der Waals surface area contributed by atoms with Gasteiger partial charge in [-0.05, 0) is 22.7 Å². The van der Waals surface area contributed by atoms with Gasteiger partial charge in [-0.3, -0.25) is 10.1 Å². The van der Waals surface area contributed by atoms with Gasteiger partial charge in [0.05, 0.1) is 5.39 Å². The Labute approximate surface area is 105 Å². The number of benzene rings is 1. The predicted molar refractivity (Wildman–Crippen MR) is 64.6 cm³/mol. The Kier molecular flexibility index (Phi) is 2.53. The third kappa shape index (κ3) is 2.06. The third-order valence-electron chi connectivity index (χ3n) is 2.46. The molecule has 0 bridgehead atoms. The number of carbonyl (C=O) groups is 1. The van der Waals surface area contributed by atoms with Crippen molar-refractivity contribution in [1.82, 2.24) is 20.6 Å². The summed E-state index contributed by atoms with van der Waals surface area (Å²) in [4.78, 5) is 23.6. The number of hydrogen-bond acceptors (Lipinski definition) is 6. The molecule has 0 atom stereocenters. The van der Waals surface area contributed by atoms with Gasteiger partial charge in [0, 0.05) is 0 Å². The zero-order chi connectivity index (χ0) is 13.2. The van der Waals surface area contributed by atoms with Crippen molar-refractivity contribution in [3.05, 3.63) is 46.5 Å². The number of amides is 1. The number of anilines is 1. The van der Waals surface area contributed by atoms with Crippen LogP contribution < -0.4 is 10.9 Å². The quantitative estimate of drug-likeness (QED) is 0.693. The van der Waals surface area contributed by atoms with Crippen LogP contribution in [0.1, 0.15) is 10.6 Å². The van der Waals surface area contributed by atoms with Crippen LogP contribution in [-0.2, 0) is 0 Å². The summed E-state index contributed by atoms with van der Waals surface area (Å²) in [5.74, 6) is -0.737. The maximum atomic E-state index is 11.8. The number of hydrogen-bond donors (Lipinski definition) is 2. The third-order valence-corrected chi connectivity index (χ3v) is 2.46. The Morgan fingerprint density at radius 2 is 2.16 bits per heavy atom. The number of nitrogens with zero attached hydrogens (tertiary/aromatic N) is 3.